The Bertz CT molecular complexity index is 1010. The van der Waals surface area contributed by atoms with Gasteiger partial charge >= 0.3 is 0 Å². The normalized spacial score (nSPS) is 11.4. The first-order valence-corrected chi connectivity index (χ1v) is 10.2. The largest absolute Gasteiger partial charge is 0.496 e. The third-order valence-electron chi connectivity index (χ3n) is 4.39. The standard InChI is InChI=1S/C24H27BrN2O2/c1-17(10-6-5-9-14-26)22-18(2)16-20(25)21(29-3)13-15-27-24(28)23(22)19-11-7-4-8-12-19/h4-8,10-13,15-16H,9,14,26H2,1-3H3,(H,27,28)/b6-5-,17-10+. The molecule has 5 heteroatoms. The highest BCUT2D eigenvalue weighted by Crippen LogP contribution is 2.30. The van der Waals surface area contributed by atoms with Gasteiger partial charge in [0.05, 0.1) is 17.1 Å². The van der Waals surface area contributed by atoms with E-state index >= 15 is 0 Å². The fraction of sp³-hybridized carbons (Fsp3) is 0.208. The number of H-pyrrole nitrogens is 1. The van der Waals surface area contributed by atoms with Gasteiger partial charge in [0, 0.05) is 6.20 Å². The lowest BCUT2D eigenvalue weighted by Gasteiger charge is -2.11. The second-order valence-corrected chi connectivity index (χ2v) is 7.38. The molecule has 4 nitrogen and oxygen atoms in total. The first kappa shape index (κ1) is 22.7. The smallest absolute Gasteiger partial charge is 0.256 e. The third kappa shape index (κ3) is 6.17. The van der Waals surface area contributed by atoms with Crippen molar-refractivity contribution in [1.82, 2.24) is 4.98 Å². The minimum Gasteiger partial charge on any atom is -0.496 e. The van der Waals surface area contributed by atoms with E-state index in [1.165, 1.54) is 0 Å². The zero-order chi connectivity index (χ0) is 21.2. The molecule has 0 radical (unpaired) electrons. The molecule has 3 N–H and O–H groups in total. The molecule has 152 valence electrons. The minimum absolute atomic E-state index is 0.178. The Balaban J connectivity index is 2.94. The van der Waals surface area contributed by atoms with E-state index in [0.29, 0.717) is 17.9 Å². The summed E-state index contributed by atoms with van der Waals surface area (Å²) in [6, 6.07) is 13.4. The van der Waals surface area contributed by atoms with Crippen molar-refractivity contribution in [3.63, 3.8) is 0 Å². The predicted molar refractivity (Wildman–Crippen MR) is 126 cm³/mol. The molecule has 0 unspecified atom stereocenters. The van der Waals surface area contributed by atoms with Crippen LogP contribution in [0.5, 0.6) is 5.75 Å². The molecule has 2 rings (SSSR count). The molecule has 0 saturated heterocycles. The topological polar surface area (TPSA) is 68.1 Å². The molecule has 0 bridgehead atoms. The lowest BCUT2D eigenvalue weighted by atomic mass is 9.93. The van der Waals surface area contributed by atoms with Gasteiger partial charge in [0.1, 0.15) is 5.75 Å². The highest BCUT2D eigenvalue weighted by atomic mass is 79.9. The van der Waals surface area contributed by atoms with Gasteiger partial charge in [-0.25, -0.2) is 0 Å². The molecule has 1 aromatic heterocycles. The zero-order valence-corrected chi connectivity index (χ0v) is 18.6. The molecule has 2 aromatic rings. The van der Waals surface area contributed by atoms with Crippen molar-refractivity contribution in [3.8, 4) is 16.9 Å². The van der Waals surface area contributed by atoms with Gasteiger partial charge in [-0.1, -0.05) is 48.6 Å². The van der Waals surface area contributed by atoms with Crippen LogP contribution in [-0.2, 0) is 0 Å². The van der Waals surface area contributed by atoms with Gasteiger partial charge in [0.25, 0.3) is 5.56 Å². The minimum atomic E-state index is -0.178. The van der Waals surface area contributed by atoms with E-state index in [1.54, 1.807) is 19.4 Å². The monoisotopic (exact) mass is 454 g/mol. The molecule has 0 saturated carbocycles. The van der Waals surface area contributed by atoms with Crippen molar-refractivity contribution in [2.24, 2.45) is 5.73 Å². The highest BCUT2D eigenvalue weighted by molar-refractivity contribution is 9.10. The molecule has 0 aliphatic heterocycles. The fourth-order valence-corrected chi connectivity index (χ4v) is 3.67. The molecule has 0 aliphatic rings. The molecule has 1 heterocycles. The molecule has 29 heavy (non-hydrogen) atoms. The molecule has 0 amide bonds. The average Bonchev–Trinajstić information content (AvgIpc) is 2.72. The molecule has 0 spiro atoms. The van der Waals surface area contributed by atoms with Crippen molar-refractivity contribution in [2.45, 2.75) is 20.3 Å². The molecule has 1 aromatic carbocycles. The number of aromatic amines is 1. The Kier molecular flexibility index (Phi) is 8.90. The predicted octanol–water partition coefficient (Wildman–Crippen LogP) is 5.55. The summed E-state index contributed by atoms with van der Waals surface area (Å²) in [5.41, 5.74) is 9.65. The van der Waals surface area contributed by atoms with Crippen LogP contribution in [0.2, 0.25) is 0 Å². The number of nitrogens with two attached hydrogens (primary N) is 1. The Hall–Kier alpha value is -2.63. The van der Waals surface area contributed by atoms with Gasteiger partial charge in [0.15, 0.2) is 0 Å². The van der Waals surface area contributed by atoms with Gasteiger partial charge in [-0.05, 0) is 77.1 Å². The fourth-order valence-electron chi connectivity index (χ4n) is 3.03. The molecule has 0 aliphatic carbocycles. The first-order chi connectivity index (χ1) is 14.0. The van der Waals surface area contributed by atoms with E-state index < -0.39 is 0 Å². The summed E-state index contributed by atoms with van der Waals surface area (Å²) in [6.07, 6.45) is 8.41. The summed E-state index contributed by atoms with van der Waals surface area (Å²) < 4.78 is 6.21. The zero-order valence-electron chi connectivity index (χ0n) is 17.0. The van der Waals surface area contributed by atoms with E-state index in [1.807, 2.05) is 68.5 Å². The molecular formula is C24H27BrN2O2. The summed E-state index contributed by atoms with van der Waals surface area (Å²) in [5, 5.41) is 0. The maximum Gasteiger partial charge on any atom is 0.256 e. The molecule has 0 atom stereocenters. The number of aromatic nitrogens is 1. The van der Waals surface area contributed by atoms with E-state index in [9.17, 15) is 4.79 Å². The lowest BCUT2D eigenvalue weighted by Crippen LogP contribution is -2.09. The summed E-state index contributed by atoms with van der Waals surface area (Å²) in [7, 11) is 1.59. The van der Waals surface area contributed by atoms with Crippen molar-refractivity contribution in [1.29, 1.82) is 0 Å². The Morgan fingerprint density at radius 3 is 2.62 bits per heavy atom. The maximum absolute atomic E-state index is 13.2. The summed E-state index contributed by atoms with van der Waals surface area (Å²) in [6.45, 7) is 4.60. The van der Waals surface area contributed by atoms with Crippen LogP contribution in [0.3, 0.4) is 0 Å². The number of halogens is 1. The van der Waals surface area contributed by atoms with Gasteiger partial charge in [-0.3, -0.25) is 4.79 Å². The van der Waals surface area contributed by atoms with Crippen LogP contribution in [0.15, 0.2) is 76.2 Å². The number of benzene rings is 1. The van der Waals surface area contributed by atoms with E-state index in [2.05, 4.69) is 20.9 Å². The Labute approximate surface area is 180 Å². The third-order valence-corrected chi connectivity index (χ3v) is 5.01. The van der Waals surface area contributed by atoms with E-state index in [4.69, 9.17) is 10.5 Å². The van der Waals surface area contributed by atoms with Crippen LogP contribution in [0.25, 0.3) is 16.7 Å². The Morgan fingerprint density at radius 2 is 1.97 bits per heavy atom. The number of aryl methyl sites for hydroxylation is 1. The summed E-state index contributed by atoms with van der Waals surface area (Å²) in [4.78, 5) is 16.0. The summed E-state index contributed by atoms with van der Waals surface area (Å²) in [5.74, 6) is 0.622. The SMILES string of the molecule is COc1cc[nH]c(=O)c(-c2ccccc2)c(/C(C)=C/C=C\CCN)c(C)cc1Br. The second-order valence-electron chi connectivity index (χ2n) is 6.52. The van der Waals surface area contributed by atoms with Gasteiger partial charge in [-0.15, -0.1) is 0 Å². The number of nitrogens with one attached hydrogen (secondary N) is 1. The summed E-state index contributed by atoms with van der Waals surface area (Å²) >= 11 is 3.59. The van der Waals surface area contributed by atoms with Gasteiger partial charge < -0.3 is 15.5 Å². The Morgan fingerprint density at radius 1 is 1.24 bits per heavy atom. The van der Waals surface area contributed by atoms with Crippen molar-refractivity contribution in [2.75, 3.05) is 13.7 Å². The van der Waals surface area contributed by atoms with Crippen LogP contribution in [-0.4, -0.2) is 18.6 Å². The first-order valence-electron chi connectivity index (χ1n) is 9.43. The second kappa shape index (κ2) is 11.4. The molecular weight excluding hydrogens is 428 g/mol. The van der Waals surface area contributed by atoms with Crippen LogP contribution in [0.4, 0.5) is 0 Å². The van der Waals surface area contributed by atoms with Crippen LogP contribution >= 0.6 is 15.9 Å². The van der Waals surface area contributed by atoms with Crippen LogP contribution < -0.4 is 16.0 Å². The number of allylic oxidation sites excluding steroid dienone is 3. The van der Waals surface area contributed by atoms with Crippen LogP contribution in [0, 0.1) is 6.92 Å². The van der Waals surface area contributed by atoms with Crippen LogP contribution in [0.1, 0.15) is 24.5 Å². The number of hydrogen-bond donors (Lipinski definition) is 2. The number of ether oxygens (including phenoxy) is 1. The van der Waals surface area contributed by atoms with Crippen molar-refractivity contribution < 1.29 is 4.74 Å². The lowest BCUT2D eigenvalue weighted by molar-refractivity contribution is 0.412. The van der Waals surface area contributed by atoms with Gasteiger partial charge in [-0.2, -0.15) is 0 Å². The molecule has 0 fully saturated rings. The van der Waals surface area contributed by atoms with Gasteiger partial charge in [0.2, 0.25) is 0 Å². The van der Waals surface area contributed by atoms with E-state index in [-0.39, 0.29) is 5.56 Å². The van der Waals surface area contributed by atoms with Crippen molar-refractivity contribution >= 4 is 21.5 Å². The number of rotatable bonds is 6. The quantitative estimate of drug-likeness (QED) is 0.561. The average molecular weight is 455 g/mol. The maximum atomic E-state index is 13.2. The van der Waals surface area contributed by atoms with Crippen molar-refractivity contribution in [3.05, 3.63) is 92.8 Å². The number of methoxy groups -OCH3 is 1. The number of hydrogen-bond acceptors (Lipinski definition) is 3. The van der Waals surface area contributed by atoms with E-state index in [0.717, 1.165) is 33.2 Å². The highest BCUT2D eigenvalue weighted by Gasteiger charge is 2.12.